The van der Waals surface area contributed by atoms with Crippen molar-refractivity contribution in [3.05, 3.63) is 55.1 Å². The van der Waals surface area contributed by atoms with Crippen LogP contribution in [0, 0.1) is 0 Å². The molecule has 0 amide bonds. The van der Waals surface area contributed by atoms with Gasteiger partial charge in [-0.15, -0.1) is 5.10 Å². The molecule has 0 radical (unpaired) electrons. The predicted molar refractivity (Wildman–Crippen MR) is 87.6 cm³/mol. The van der Waals surface area contributed by atoms with Crippen LogP contribution in [0.2, 0.25) is 0 Å². The van der Waals surface area contributed by atoms with Gasteiger partial charge in [-0.1, -0.05) is 18.2 Å². The molecule has 4 aromatic heterocycles. The summed E-state index contributed by atoms with van der Waals surface area (Å²) in [7, 11) is 1.86. The third kappa shape index (κ3) is 1.83. The van der Waals surface area contributed by atoms with E-state index in [-0.39, 0.29) is 0 Å². The zero-order chi connectivity index (χ0) is 16.1. The van der Waals surface area contributed by atoms with Gasteiger partial charge in [0.05, 0.1) is 17.3 Å². The molecule has 4 heterocycles. The third-order valence-corrected chi connectivity index (χ3v) is 3.85. The van der Waals surface area contributed by atoms with Crippen molar-refractivity contribution >= 4 is 16.7 Å². The molecule has 0 atom stereocenters. The Morgan fingerprint density at radius 1 is 0.958 bits per heavy atom. The van der Waals surface area contributed by atoms with Gasteiger partial charge < -0.3 is 0 Å². The number of benzene rings is 1. The van der Waals surface area contributed by atoms with Crippen LogP contribution in [0.4, 0.5) is 0 Å². The van der Waals surface area contributed by atoms with Crippen molar-refractivity contribution < 1.29 is 0 Å². The topological polar surface area (TPSA) is 78.7 Å². The zero-order valence-corrected chi connectivity index (χ0v) is 12.8. The summed E-state index contributed by atoms with van der Waals surface area (Å²) in [5.74, 6) is 0.567. The molecule has 0 N–H and O–H groups in total. The third-order valence-electron chi connectivity index (χ3n) is 3.85. The fraction of sp³-hybridized carbons (Fsp3) is 0.0625. The summed E-state index contributed by atoms with van der Waals surface area (Å²) in [6.07, 6.45) is 5.28. The Morgan fingerprint density at radius 3 is 2.62 bits per heavy atom. The summed E-state index contributed by atoms with van der Waals surface area (Å²) in [6.45, 7) is 0. The molecule has 1 aromatic carbocycles. The fourth-order valence-corrected chi connectivity index (χ4v) is 2.72. The van der Waals surface area contributed by atoms with Gasteiger partial charge >= 0.3 is 0 Å². The number of fused-ring (bicyclic) bond motifs is 3. The first-order valence-electron chi connectivity index (χ1n) is 7.44. The highest BCUT2D eigenvalue weighted by Gasteiger charge is 2.15. The summed E-state index contributed by atoms with van der Waals surface area (Å²) in [6, 6.07) is 11.8. The van der Waals surface area contributed by atoms with E-state index >= 15 is 0 Å². The van der Waals surface area contributed by atoms with Crippen LogP contribution in [-0.4, -0.2) is 39.1 Å². The van der Waals surface area contributed by atoms with Crippen LogP contribution in [0.25, 0.3) is 33.9 Å². The SMILES string of the molecule is Cn1ccc(-c2nc3c4cnn(-c5ccccc5)c4ncn3n2)n1. The van der Waals surface area contributed by atoms with Gasteiger partial charge in [-0.2, -0.15) is 10.2 Å². The highest BCUT2D eigenvalue weighted by Crippen LogP contribution is 2.21. The molecule has 5 rings (SSSR count). The number of aromatic nitrogens is 8. The van der Waals surface area contributed by atoms with Gasteiger partial charge in [0.1, 0.15) is 12.0 Å². The van der Waals surface area contributed by atoms with Crippen molar-refractivity contribution in [2.45, 2.75) is 0 Å². The van der Waals surface area contributed by atoms with Gasteiger partial charge in [-0.25, -0.2) is 19.2 Å². The van der Waals surface area contributed by atoms with E-state index in [1.165, 1.54) is 0 Å². The van der Waals surface area contributed by atoms with Crippen LogP contribution in [0.15, 0.2) is 55.1 Å². The van der Waals surface area contributed by atoms with Gasteiger partial charge in [-0.05, 0) is 18.2 Å². The normalized spacial score (nSPS) is 11.5. The van der Waals surface area contributed by atoms with Gasteiger partial charge in [-0.3, -0.25) is 4.68 Å². The fourth-order valence-electron chi connectivity index (χ4n) is 2.72. The molecule has 116 valence electrons. The standard InChI is InChI=1S/C16H12N8/c1-22-8-7-13(20-22)14-19-16-12-9-18-24(11-5-3-2-4-6-11)15(12)17-10-23(16)21-14/h2-10H,1H3. The van der Waals surface area contributed by atoms with E-state index in [2.05, 4.69) is 25.3 Å². The number of nitrogens with zero attached hydrogens (tertiary/aromatic N) is 8. The summed E-state index contributed by atoms with van der Waals surface area (Å²) in [4.78, 5) is 9.11. The number of hydrogen-bond donors (Lipinski definition) is 0. The minimum atomic E-state index is 0.567. The molecule has 0 fully saturated rings. The average Bonchev–Trinajstić information content (AvgIpc) is 3.31. The van der Waals surface area contributed by atoms with Crippen molar-refractivity contribution in [1.82, 2.24) is 39.1 Å². The van der Waals surface area contributed by atoms with Crippen LogP contribution in [0.1, 0.15) is 0 Å². The Hall–Kier alpha value is -3.55. The molecule has 0 aliphatic heterocycles. The van der Waals surface area contributed by atoms with Gasteiger partial charge in [0.2, 0.25) is 5.82 Å². The molecule has 0 aliphatic carbocycles. The summed E-state index contributed by atoms with van der Waals surface area (Å²) in [5, 5.41) is 14.1. The van der Waals surface area contributed by atoms with E-state index in [1.54, 1.807) is 26.4 Å². The van der Waals surface area contributed by atoms with Gasteiger partial charge in [0.15, 0.2) is 11.3 Å². The van der Waals surface area contributed by atoms with Crippen LogP contribution < -0.4 is 0 Å². The molecular formula is C16H12N8. The maximum Gasteiger partial charge on any atom is 0.202 e. The summed E-state index contributed by atoms with van der Waals surface area (Å²) >= 11 is 0. The maximum absolute atomic E-state index is 4.61. The van der Waals surface area contributed by atoms with Crippen LogP contribution in [0.5, 0.6) is 0 Å². The van der Waals surface area contributed by atoms with E-state index in [0.717, 1.165) is 22.4 Å². The van der Waals surface area contributed by atoms with Crippen LogP contribution in [-0.2, 0) is 7.05 Å². The zero-order valence-electron chi connectivity index (χ0n) is 12.8. The Morgan fingerprint density at radius 2 is 1.83 bits per heavy atom. The molecule has 0 saturated carbocycles. The maximum atomic E-state index is 4.61. The van der Waals surface area contributed by atoms with E-state index < -0.39 is 0 Å². The van der Waals surface area contributed by atoms with Crippen molar-refractivity contribution in [1.29, 1.82) is 0 Å². The Balaban J connectivity index is 1.73. The minimum Gasteiger partial charge on any atom is -0.275 e. The number of rotatable bonds is 2. The lowest BCUT2D eigenvalue weighted by molar-refractivity contribution is 0.768. The van der Waals surface area contributed by atoms with E-state index in [0.29, 0.717) is 11.5 Å². The smallest absolute Gasteiger partial charge is 0.202 e. The number of hydrogen-bond acceptors (Lipinski definition) is 5. The molecule has 5 aromatic rings. The second-order valence-electron chi connectivity index (χ2n) is 5.45. The first-order chi connectivity index (χ1) is 11.8. The molecule has 24 heavy (non-hydrogen) atoms. The molecular weight excluding hydrogens is 304 g/mol. The monoisotopic (exact) mass is 316 g/mol. The van der Waals surface area contributed by atoms with Gasteiger partial charge in [0.25, 0.3) is 0 Å². The number of aryl methyl sites for hydroxylation is 1. The first-order valence-corrected chi connectivity index (χ1v) is 7.44. The molecule has 0 spiro atoms. The van der Waals surface area contributed by atoms with E-state index in [1.807, 2.05) is 49.6 Å². The molecule has 8 heteroatoms. The highest BCUT2D eigenvalue weighted by atomic mass is 15.4. The van der Waals surface area contributed by atoms with Crippen LogP contribution in [0.3, 0.4) is 0 Å². The van der Waals surface area contributed by atoms with E-state index in [9.17, 15) is 0 Å². The molecule has 0 bridgehead atoms. The largest absolute Gasteiger partial charge is 0.275 e. The molecule has 0 unspecified atom stereocenters. The summed E-state index contributed by atoms with van der Waals surface area (Å²) < 4.78 is 5.18. The summed E-state index contributed by atoms with van der Waals surface area (Å²) in [5.41, 5.74) is 3.13. The second kappa shape index (κ2) is 4.72. The van der Waals surface area contributed by atoms with E-state index in [4.69, 9.17) is 0 Å². The van der Waals surface area contributed by atoms with Crippen molar-refractivity contribution in [3.8, 4) is 17.2 Å². The molecule has 8 nitrogen and oxygen atoms in total. The van der Waals surface area contributed by atoms with Gasteiger partial charge in [0, 0.05) is 13.2 Å². The molecule has 0 saturated heterocycles. The molecule has 0 aliphatic rings. The highest BCUT2D eigenvalue weighted by molar-refractivity contribution is 5.89. The Bertz CT molecular complexity index is 1160. The lowest BCUT2D eigenvalue weighted by Gasteiger charge is -2.01. The average molecular weight is 316 g/mol. The van der Waals surface area contributed by atoms with Crippen molar-refractivity contribution in [2.24, 2.45) is 7.05 Å². The van der Waals surface area contributed by atoms with Crippen LogP contribution >= 0.6 is 0 Å². The Labute approximate surface area is 136 Å². The Kier molecular flexibility index (Phi) is 2.55. The van der Waals surface area contributed by atoms with Crippen molar-refractivity contribution in [3.63, 3.8) is 0 Å². The predicted octanol–water partition coefficient (Wildman–Crippen LogP) is 1.86. The lowest BCUT2D eigenvalue weighted by Crippen LogP contribution is -1.98. The van der Waals surface area contributed by atoms with Crippen molar-refractivity contribution in [2.75, 3.05) is 0 Å². The lowest BCUT2D eigenvalue weighted by atomic mass is 10.3. The quantitative estimate of drug-likeness (QED) is 0.497. The minimum absolute atomic E-state index is 0.567. The first kappa shape index (κ1) is 12.9. The number of para-hydroxylation sites is 1. The second-order valence-corrected chi connectivity index (χ2v) is 5.45.